The van der Waals surface area contributed by atoms with Gasteiger partial charge in [0, 0.05) is 18.3 Å². The molecule has 0 saturated carbocycles. The highest BCUT2D eigenvalue weighted by Gasteiger charge is 2.07. The van der Waals surface area contributed by atoms with E-state index in [0.29, 0.717) is 10.9 Å². The summed E-state index contributed by atoms with van der Waals surface area (Å²) in [5, 5.41) is 12.1. The van der Waals surface area contributed by atoms with Crippen LogP contribution in [0.3, 0.4) is 0 Å². The molecule has 0 bridgehead atoms. The van der Waals surface area contributed by atoms with Gasteiger partial charge in [0.1, 0.15) is 5.82 Å². The number of nitrogens with one attached hydrogen (secondary N) is 2. The Kier molecular flexibility index (Phi) is 4.16. The van der Waals surface area contributed by atoms with Gasteiger partial charge >= 0.3 is 0 Å². The maximum Gasteiger partial charge on any atom is 0.230 e. The number of hydrogen-bond donors (Lipinski definition) is 2. The molecule has 2 N–H and O–H groups in total. The van der Waals surface area contributed by atoms with Gasteiger partial charge < -0.3 is 5.32 Å². The number of rotatable bonds is 5. The lowest BCUT2D eigenvalue weighted by molar-refractivity contribution is -0.118. The lowest BCUT2D eigenvalue weighted by Crippen LogP contribution is -2.19. The van der Waals surface area contributed by atoms with Crippen molar-refractivity contribution in [2.45, 2.75) is 11.6 Å². The predicted molar refractivity (Wildman–Crippen MR) is 68.3 cm³/mol. The molecule has 5 nitrogen and oxygen atoms in total. The molecule has 7 heteroatoms. The van der Waals surface area contributed by atoms with E-state index in [9.17, 15) is 4.79 Å². The van der Waals surface area contributed by atoms with Crippen molar-refractivity contribution < 1.29 is 4.79 Å². The monoisotopic (exact) mass is 268 g/mol. The number of aromatic amines is 1. The molecule has 90 valence electrons. The Bertz CT molecular complexity index is 480. The maximum atomic E-state index is 11.1. The Balaban J connectivity index is 1.90. The lowest BCUT2D eigenvalue weighted by Gasteiger charge is -1.94. The highest BCUT2D eigenvalue weighted by Crippen LogP contribution is 2.15. The first kappa shape index (κ1) is 12.1. The third-order valence-electron chi connectivity index (χ3n) is 2.04. The summed E-state index contributed by atoms with van der Waals surface area (Å²) < 4.78 is 0. The first-order valence-electron chi connectivity index (χ1n) is 5.05. The molecule has 0 atom stereocenters. The van der Waals surface area contributed by atoms with Gasteiger partial charge in [-0.2, -0.15) is 0 Å². The van der Waals surface area contributed by atoms with Crippen molar-refractivity contribution >= 4 is 29.0 Å². The molecule has 0 saturated heterocycles. The Morgan fingerprint density at radius 3 is 3.24 bits per heavy atom. The van der Waals surface area contributed by atoms with E-state index in [-0.39, 0.29) is 5.91 Å². The normalized spacial score (nSPS) is 10.4. The van der Waals surface area contributed by atoms with E-state index in [1.54, 1.807) is 18.4 Å². The molecule has 1 amide bonds. The Morgan fingerprint density at radius 2 is 2.53 bits per heavy atom. The summed E-state index contributed by atoms with van der Waals surface area (Å²) in [6.07, 6.45) is 0.755. The molecule has 2 aromatic heterocycles. The van der Waals surface area contributed by atoms with Crippen LogP contribution < -0.4 is 5.32 Å². The summed E-state index contributed by atoms with van der Waals surface area (Å²) in [5.41, 5.74) is 0. The molecule has 0 aliphatic heterocycles. The first-order chi connectivity index (χ1) is 8.28. The largest absolute Gasteiger partial charge is 0.358 e. The van der Waals surface area contributed by atoms with E-state index in [0.717, 1.165) is 12.2 Å². The molecule has 0 aliphatic carbocycles. The molecule has 0 aromatic carbocycles. The van der Waals surface area contributed by atoms with Gasteiger partial charge in [-0.25, -0.2) is 4.98 Å². The van der Waals surface area contributed by atoms with Gasteiger partial charge in [-0.05, 0) is 11.4 Å². The third kappa shape index (κ3) is 3.57. The fourth-order valence-corrected chi connectivity index (χ4v) is 2.60. The van der Waals surface area contributed by atoms with Crippen molar-refractivity contribution in [1.82, 2.24) is 20.5 Å². The number of thiophene rings is 1. The standard InChI is InChI=1S/C10H12N4OS2/c1-11-9(15)6-17-10-12-8(13-14-10)5-7-3-2-4-16-7/h2-4H,5-6H2,1H3,(H,11,15)(H,12,13,14). The number of H-pyrrole nitrogens is 1. The number of thioether (sulfide) groups is 1. The summed E-state index contributed by atoms with van der Waals surface area (Å²) in [5.74, 6) is 1.14. The Labute approximate surface area is 107 Å². The lowest BCUT2D eigenvalue weighted by atomic mass is 10.3. The molecular formula is C10H12N4OS2. The summed E-state index contributed by atoms with van der Waals surface area (Å²) in [4.78, 5) is 16.6. The van der Waals surface area contributed by atoms with Crippen LogP contribution in [0.2, 0.25) is 0 Å². The van der Waals surface area contributed by atoms with Crippen LogP contribution >= 0.6 is 23.1 Å². The number of hydrogen-bond acceptors (Lipinski definition) is 5. The van der Waals surface area contributed by atoms with E-state index >= 15 is 0 Å². The minimum atomic E-state index is -0.0281. The quantitative estimate of drug-likeness (QED) is 0.802. The van der Waals surface area contributed by atoms with Crippen LogP contribution in [-0.2, 0) is 11.2 Å². The summed E-state index contributed by atoms with van der Waals surface area (Å²) in [7, 11) is 1.61. The van der Waals surface area contributed by atoms with Crippen LogP contribution in [-0.4, -0.2) is 33.9 Å². The second kappa shape index (κ2) is 5.83. The van der Waals surface area contributed by atoms with Gasteiger partial charge in [0.15, 0.2) is 0 Å². The minimum absolute atomic E-state index is 0.0281. The van der Waals surface area contributed by atoms with Gasteiger partial charge in [-0.1, -0.05) is 17.8 Å². The van der Waals surface area contributed by atoms with Gasteiger partial charge in [-0.3, -0.25) is 9.89 Å². The van der Waals surface area contributed by atoms with E-state index in [4.69, 9.17) is 0 Å². The van der Waals surface area contributed by atoms with Crippen LogP contribution in [0.15, 0.2) is 22.7 Å². The molecule has 2 rings (SSSR count). The fraction of sp³-hybridized carbons (Fsp3) is 0.300. The van der Waals surface area contributed by atoms with Crippen molar-refractivity contribution in [3.8, 4) is 0 Å². The minimum Gasteiger partial charge on any atom is -0.358 e. The molecule has 17 heavy (non-hydrogen) atoms. The highest BCUT2D eigenvalue weighted by molar-refractivity contribution is 7.99. The number of amides is 1. The SMILES string of the molecule is CNC(=O)CSc1n[nH]c(Cc2cccs2)n1. The van der Waals surface area contributed by atoms with Crippen LogP contribution in [0.1, 0.15) is 10.7 Å². The van der Waals surface area contributed by atoms with Gasteiger partial charge in [-0.15, -0.1) is 16.4 Å². The van der Waals surface area contributed by atoms with E-state index in [1.807, 2.05) is 11.4 Å². The molecule has 0 fully saturated rings. The Hall–Kier alpha value is -1.34. The zero-order valence-corrected chi connectivity index (χ0v) is 10.9. The molecule has 0 spiro atoms. The number of nitrogens with zero attached hydrogens (tertiary/aromatic N) is 2. The average molecular weight is 268 g/mol. The van der Waals surface area contributed by atoms with Crippen LogP contribution in [0, 0.1) is 0 Å². The molecular weight excluding hydrogens is 256 g/mol. The number of carbonyl (C=O) groups excluding carboxylic acids is 1. The topological polar surface area (TPSA) is 70.7 Å². The van der Waals surface area contributed by atoms with E-state index < -0.39 is 0 Å². The van der Waals surface area contributed by atoms with Crippen molar-refractivity contribution in [2.75, 3.05) is 12.8 Å². The number of carbonyl (C=O) groups is 1. The zero-order chi connectivity index (χ0) is 12.1. The summed E-state index contributed by atoms with van der Waals surface area (Å²) in [6.45, 7) is 0. The second-order valence-corrected chi connectivity index (χ2v) is 5.26. The molecule has 2 aromatic rings. The van der Waals surface area contributed by atoms with E-state index in [2.05, 4.69) is 26.6 Å². The van der Waals surface area contributed by atoms with Crippen molar-refractivity contribution in [2.24, 2.45) is 0 Å². The predicted octanol–water partition coefficient (Wildman–Crippen LogP) is 1.30. The Morgan fingerprint density at radius 1 is 1.65 bits per heavy atom. The van der Waals surface area contributed by atoms with Crippen molar-refractivity contribution in [3.63, 3.8) is 0 Å². The highest BCUT2D eigenvalue weighted by atomic mass is 32.2. The van der Waals surface area contributed by atoms with Crippen molar-refractivity contribution in [1.29, 1.82) is 0 Å². The zero-order valence-electron chi connectivity index (χ0n) is 9.27. The van der Waals surface area contributed by atoms with Gasteiger partial charge in [0.05, 0.1) is 5.75 Å². The number of aromatic nitrogens is 3. The van der Waals surface area contributed by atoms with Gasteiger partial charge in [0.2, 0.25) is 11.1 Å². The van der Waals surface area contributed by atoms with Crippen LogP contribution in [0.25, 0.3) is 0 Å². The maximum absolute atomic E-state index is 11.1. The smallest absolute Gasteiger partial charge is 0.230 e. The first-order valence-corrected chi connectivity index (χ1v) is 6.91. The summed E-state index contributed by atoms with van der Waals surface area (Å²) in [6, 6.07) is 4.07. The average Bonchev–Trinajstić information content (AvgIpc) is 2.98. The van der Waals surface area contributed by atoms with Crippen molar-refractivity contribution in [3.05, 3.63) is 28.2 Å². The second-order valence-electron chi connectivity index (χ2n) is 3.28. The molecule has 0 radical (unpaired) electrons. The molecule has 2 heterocycles. The van der Waals surface area contributed by atoms with Crippen LogP contribution in [0.5, 0.6) is 0 Å². The van der Waals surface area contributed by atoms with E-state index in [1.165, 1.54) is 16.6 Å². The molecule has 0 aliphatic rings. The van der Waals surface area contributed by atoms with Crippen LogP contribution in [0.4, 0.5) is 0 Å². The summed E-state index contributed by atoms with van der Waals surface area (Å²) >= 11 is 3.01. The molecule has 0 unspecified atom stereocenters. The fourth-order valence-electron chi connectivity index (χ4n) is 1.20. The van der Waals surface area contributed by atoms with Gasteiger partial charge in [0.25, 0.3) is 0 Å². The third-order valence-corrected chi connectivity index (χ3v) is 3.77.